The van der Waals surface area contributed by atoms with E-state index >= 15 is 0 Å². The molecule has 2 aromatic carbocycles. The van der Waals surface area contributed by atoms with E-state index < -0.39 is 91.5 Å². The van der Waals surface area contributed by atoms with Crippen LogP contribution in [-0.2, 0) is 65.0 Å². The van der Waals surface area contributed by atoms with Crippen molar-refractivity contribution in [1.29, 1.82) is 5.26 Å². The summed E-state index contributed by atoms with van der Waals surface area (Å²) in [5.41, 5.74) is -1.55. The summed E-state index contributed by atoms with van der Waals surface area (Å²) in [6.07, 6.45) is -2.43. The number of nitriles is 1. The van der Waals surface area contributed by atoms with E-state index in [1.807, 2.05) is 12.1 Å². The van der Waals surface area contributed by atoms with E-state index in [9.17, 15) is 38.9 Å². The predicted octanol–water partition coefficient (Wildman–Crippen LogP) is 4.92. The smallest absolute Gasteiger partial charge is 0.462 e. The van der Waals surface area contributed by atoms with Gasteiger partial charge in [0.15, 0.2) is 0 Å². The summed E-state index contributed by atoms with van der Waals surface area (Å²) < 4.78 is 51.3. The Kier molecular flexibility index (Phi) is 16.0. The van der Waals surface area contributed by atoms with Crippen LogP contribution in [0.5, 0.6) is 5.75 Å². The summed E-state index contributed by atoms with van der Waals surface area (Å²) in [6, 6.07) is 14.5. The van der Waals surface area contributed by atoms with Gasteiger partial charge in [-0.1, -0.05) is 42.5 Å². The topological polar surface area (TPSA) is 235 Å². The number of benzene rings is 2. The van der Waals surface area contributed by atoms with Crippen LogP contribution < -0.4 is 14.9 Å². The van der Waals surface area contributed by atoms with Crippen molar-refractivity contribution in [2.45, 2.75) is 85.8 Å². The molecular weight excluding hydrogens is 753 g/mol. The fraction of sp³-hybridized carbons (Fsp3) is 0.526. The third-order valence-corrected chi connectivity index (χ3v) is 10.8. The number of carbonyl (C=O) groups excluding carboxylic acids is 4. The molecule has 0 aliphatic carbocycles. The number of carbonyl (C=O) groups is 5. The van der Waals surface area contributed by atoms with Gasteiger partial charge in [0.1, 0.15) is 30.5 Å². The third kappa shape index (κ3) is 12.2. The number of hydrogen-bond acceptors (Lipinski definition) is 14. The highest BCUT2D eigenvalue weighted by Gasteiger charge is 2.57. The highest BCUT2D eigenvalue weighted by atomic mass is 31.2. The molecule has 1 fully saturated rings. The molecule has 56 heavy (non-hydrogen) atoms. The first-order valence-electron chi connectivity index (χ1n) is 17.7. The molecule has 1 saturated heterocycles. The maximum Gasteiger partial charge on any atom is 0.462 e. The van der Waals surface area contributed by atoms with Crippen LogP contribution in [0.2, 0.25) is 0 Å². The Balaban J connectivity index is 1.75. The number of hydrogen-bond donors (Lipinski definition) is 3. The Morgan fingerprint density at radius 1 is 0.946 bits per heavy atom. The molecule has 0 aromatic heterocycles. The Morgan fingerprint density at radius 2 is 1.59 bits per heavy atom. The maximum absolute atomic E-state index is 14.0. The molecule has 1 aliphatic rings. The number of rotatable bonds is 19. The molecule has 0 bridgehead atoms. The van der Waals surface area contributed by atoms with E-state index in [1.165, 1.54) is 58.9 Å². The molecule has 0 radical (unpaired) electrons. The molecule has 1 heterocycles. The first-order valence-corrected chi connectivity index (χ1v) is 19.3. The Labute approximate surface area is 325 Å². The minimum Gasteiger partial charge on any atom is -0.481 e. The largest absolute Gasteiger partial charge is 0.481 e. The van der Waals surface area contributed by atoms with E-state index in [-0.39, 0.29) is 25.4 Å². The molecule has 0 spiro atoms. The van der Waals surface area contributed by atoms with Crippen LogP contribution in [0.15, 0.2) is 54.6 Å². The quantitative estimate of drug-likeness (QED) is 0.0740. The SMILES string of the molecule is COC(=O)[C@H](C)NP(=O)(OCOC(=O)C(C)(C)C1C(C#N)OCC1C(C)(C)C(=O)O)Oc1ccc(C[C@H](NC(=O)OCc2ccccc2)C(=O)OC(C)C)cc1. The number of ether oxygens (including phenoxy) is 5. The van der Waals surface area contributed by atoms with Gasteiger partial charge in [-0.15, -0.1) is 0 Å². The van der Waals surface area contributed by atoms with Crippen LogP contribution in [0.3, 0.4) is 0 Å². The Morgan fingerprint density at radius 3 is 2.16 bits per heavy atom. The van der Waals surface area contributed by atoms with E-state index in [2.05, 4.69) is 10.4 Å². The number of amides is 1. The molecule has 3 rings (SSSR count). The number of alkyl carbamates (subject to hydrolysis) is 1. The second-order valence-corrected chi connectivity index (χ2v) is 16.2. The van der Waals surface area contributed by atoms with Crippen LogP contribution in [0.1, 0.15) is 59.6 Å². The van der Waals surface area contributed by atoms with Gasteiger partial charge in [-0.05, 0) is 71.7 Å². The van der Waals surface area contributed by atoms with Gasteiger partial charge in [0.2, 0.25) is 6.79 Å². The zero-order chi connectivity index (χ0) is 41.8. The van der Waals surface area contributed by atoms with Gasteiger partial charge in [-0.2, -0.15) is 10.3 Å². The van der Waals surface area contributed by atoms with Crippen molar-refractivity contribution in [1.82, 2.24) is 10.4 Å². The Hall–Kier alpha value is -5.01. The molecule has 1 amide bonds. The monoisotopic (exact) mass is 803 g/mol. The Bertz CT molecular complexity index is 1780. The highest BCUT2D eigenvalue weighted by molar-refractivity contribution is 7.52. The fourth-order valence-corrected chi connectivity index (χ4v) is 7.29. The first-order chi connectivity index (χ1) is 26.2. The number of nitrogens with one attached hydrogen (secondary N) is 2. The molecule has 17 nitrogen and oxygen atoms in total. The lowest BCUT2D eigenvalue weighted by atomic mass is 9.62. The summed E-state index contributed by atoms with van der Waals surface area (Å²) in [7, 11) is -3.40. The van der Waals surface area contributed by atoms with Crippen molar-refractivity contribution >= 4 is 37.7 Å². The predicted molar refractivity (Wildman–Crippen MR) is 197 cm³/mol. The maximum atomic E-state index is 14.0. The van der Waals surface area contributed by atoms with Crippen LogP contribution in [-0.4, -0.2) is 79.9 Å². The summed E-state index contributed by atoms with van der Waals surface area (Å²) in [4.78, 5) is 63.3. The van der Waals surface area contributed by atoms with Crippen molar-refractivity contribution in [3.05, 3.63) is 65.7 Å². The zero-order valence-corrected chi connectivity index (χ0v) is 33.5. The molecular formula is C38H50N3O14P. The van der Waals surface area contributed by atoms with E-state index in [0.717, 1.165) is 12.7 Å². The van der Waals surface area contributed by atoms with Gasteiger partial charge in [-0.3, -0.25) is 14.4 Å². The number of aliphatic carboxylic acids is 1. The van der Waals surface area contributed by atoms with Gasteiger partial charge in [0.05, 0.1) is 36.7 Å². The zero-order valence-electron chi connectivity index (χ0n) is 32.6. The molecule has 6 atom stereocenters. The average Bonchev–Trinajstić information content (AvgIpc) is 3.60. The number of carboxylic acid groups (broad SMARTS) is 1. The van der Waals surface area contributed by atoms with Crippen LogP contribution in [0.25, 0.3) is 0 Å². The molecule has 2 aromatic rings. The van der Waals surface area contributed by atoms with Gasteiger partial charge >= 0.3 is 37.7 Å². The lowest BCUT2D eigenvalue weighted by molar-refractivity contribution is -0.169. The lowest BCUT2D eigenvalue weighted by Gasteiger charge is -2.38. The highest BCUT2D eigenvalue weighted by Crippen LogP contribution is 2.50. The van der Waals surface area contributed by atoms with Crippen LogP contribution in [0, 0.1) is 34.0 Å². The summed E-state index contributed by atoms with van der Waals surface area (Å²) in [5.74, 6) is -5.21. The number of carboxylic acids is 1. The van der Waals surface area contributed by atoms with Crippen molar-refractivity contribution in [2.75, 3.05) is 20.5 Å². The molecule has 3 N–H and O–H groups in total. The van der Waals surface area contributed by atoms with Crippen LogP contribution >= 0.6 is 7.75 Å². The second-order valence-electron chi connectivity index (χ2n) is 14.5. The van der Waals surface area contributed by atoms with Crippen molar-refractivity contribution in [2.24, 2.45) is 22.7 Å². The third-order valence-electron chi connectivity index (χ3n) is 9.23. The normalized spacial score (nSPS) is 19.0. The second kappa shape index (κ2) is 19.7. The number of methoxy groups -OCH3 is 1. The van der Waals surface area contributed by atoms with E-state index in [0.29, 0.717) is 5.56 Å². The van der Waals surface area contributed by atoms with E-state index in [4.69, 9.17) is 32.7 Å². The first kappa shape index (κ1) is 45.4. The van der Waals surface area contributed by atoms with Gasteiger partial charge in [0.25, 0.3) is 0 Å². The van der Waals surface area contributed by atoms with Gasteiger partial charge < -0.3 is 38.6 Å². The van der Waals surface area contributed by atoms with Gasteiger partial charge in [0, 0.05) is 18.3 Å². The van der Waals surface area contributed by atoms with E-state index in [1.54, 1.807) is 38.1 Å². The molecule has 0 saturated carbocycles. The average molecular weight is 804 g/mol. The van der Waals surface area contributed by atoms with Crippen molar-refractivity contribution in [3.8, 4) is 11.8 Å². The van der Waals surface area contributed by atoms with Crippen LogP contribution in [0.4, 0.5) is 4.79 Å². The summed E-state index contributed by atoms with van der Waals surface area (Å²) >= 11 is 0. The molecule has 4 unspecified atom stereocenters. The standard InChI is InChI=1S/C38H50N3O14P/c1-23(2)54-33(43)29(40-36(47)51-20-26-12-10-9-11-13-26)18-25-14-16-27(17-15-25)55-56(48,41-24(3)32(42)49-8)53-22-52-35(46)38(6,7)31-28(21-50-30(31)19-39)37(4,5)34(44)45/h9-17,23-24,28-31H,18,20-22H2,1-8H3,(H,40,47)(H,41,48)(H,44,45)/t24-,28?,29-,30?,31?,56?/m0/s1. The molecule has 18 heteroatoms. The van der Waals surface area contributed by atoms with Gasteiger partial charge in [-0.25, -0.2) is 18.7 Å². The van der Waals surface area contributed by atoms with Crippen molar-refractivity contribution < 1.29 is 66.4 Å². The number of esters is 3. The lowest BCUT2D eigenvalue weighted by Crippen LogP contribution is -2.47. The summed E-state index contributed by atoms with van der Waals surface area (Å²) in [6.45, 7) is 9.56. The van der Waals surface area contributed by atoms with Crippen molar-refractivity contribution in [3.63, 3.8) is 0 Å². The minimum absolute atomic E-state index is 0.0187. The minimum atomic E-state index is -4.52. The summed E-state index contributed by atoms with van der Waals surface area (Å²) in [5, 5.41) is 24.6. The number of nitrogens with zero attached hydrogens (tertiary/aromatic N) is 1. The molecule has 306 valence electrons. The fourth-order valence-electron chi connectivity index (χ4n) is 5.94. The molecule has 1 aliphatic heterocycles.